The molecule has 3 aromatic rings. The number of carbonyl (C=O) groups is 1. The van der Waals surface area contributed by atoms with Crippen molar-refractivity contribution in [2.24, 2.45) is 0 Å². The molecule has 33 heavy (non-hydrogen) atoms. The average Bonchev–Trinajstić information content (AvgIpc) is 2.83. The van der Waals surface area contributed by atoms with E-state index < -0.39 is 22.5 Å². The minimum atomic E-state index is -4.02. The highest BCUT2D eigenvalue weighted by Crippen LogP contribution is 2.28. The molecule has 9 heteroatoms. The van der Waals surface area contributed by atoms with Crippen LogP contribution in [0.4, 0.5) is 11.4 Å². The fourth-order valence-electron chi connectivity index (χ4n) is 3.13. The second-order valence-electron chi connectivity index (χ2n) is 6.86. The van der Waals surface area contributed by atoms with Gasteiger partial charge in [0.1, 0.15) is 18.0 Å². The van der Waals surface area contributed by atoms with Crippen molar-refractivity contribution in [2.45, 2.75) is 16.7 Å². The zero-order chi connectivity index (χ0) is 23.8. The number of methoxy groups -OCH3 is 1. The van der Waals surface area contributed by atoms with Crippen LogP contribution in [0, 0.1) is 0 Å². The molecule has 0 aliphatic heterocycles. The Kier molecular flexibility index (Phi) is 8.24. The molecule has 0 radical (unpaired) electrons. The fourth-order valence-corrected chi connectivity index (χ4v) is 4.96. The molecule has 0 aromatic heterocycles. The zero-order valence-corrected chi connectivity index (χ0v) is 20.3. The molecule has 1 N–H and O–H groups in total. The minimum absolute atomic E-state index is 0.0966. The van der Waals surface area contributed by atoms with Crippen molar-refractivity contribution >= 4 is 39.1 Å². The maximum Gasteiger partial charge on any atom is 0.264 e. The van der Waals surface area contributed by atoms with Gasteiger partial charge < -0.3 is 14.8 Å². The number of amides is 1. The lowest BCUT2D eigenvalue weighted by molar-refractivity contribution is -0.114. The van der Waals surface area contributed by atoms with Crippen LogP contribution in [-0.4, -0.2) is 40.8 Å². The molecular formula is C24H26N2O5S2. The van der Waals surface area contributed by atoms with Crippen LogP contribution in [-0.2, 0) is 14.8 Å². The Labute approximate surface area is 198 Å². The predicted octanol–water partition coefficient (Wildman–Crippen LogP) is 4.65. The molecule has 0 saturated heterocycles. The third-order valence-electron chi connectivity index (χ3n) is 4.75. The summed E-state index contributed by atoms with van der Waals surface area (Å²) in [4.78, 5) is 13.9. The average molecular weight is 487 g/mol. The highest BCUT2D eigenvalue weighted by Gasteiger charge is 2.27. The van der Waals surface area contributed by atoms with Gasteiger partial charge in [-0.3, -0.25) is 9.10 Å². The smallest absolute Gasteiger partial charge is 0.264 e. The largest absolute Gasteiger partial charge is 0.495 e. The SMILES string of the molecule is CCOc1ccc(N(CC(=O)Nc2ccccc2OC)S(=O)(=O)c2ccc(SC)cc2)cc1. The van der Waals surface area contributed by atoms with Crippen LogP contribution in [0.25, 0.3) is 0 Å². The lowest BCUT2D eigenvalue weighted by atomic mass is 10.3. The van der Waals surface area contributed by atoms with Crippen LogP contribution in [0.2, 0.25) is 0 Å². The highest BCUT2D eigenvalue weighted by atomic mass is 32.2. The van der Waals surface area contributed by atoms with Crippen LogP contribution in [0.3, 0.4) is 0 Å². The Bertz CT molecular complexity index is 1180. The molecule has 0 spiro atoms. The Hall–Kier alpha value is -3.17. The molecule has 0 aliphatic carbocycles. The number of rotatable bonds is 10. The van der Waals surface area contributed by atoms with Gasteiger partial charge in [-0.2, -0.15) is 0 Å². The van der Waals surface area contributed by atoms with Gasteiger partial charge >= 0.3 is 0 Å². The van der Waals surface area contributed by atoms with Gasteiger partial charge in [0, 0.05) is 4.90 Å². The molecule has 1 amide bonds. The van der Waals surface area contributed by atoms with Crippen molar-refractivity contribution in [3.8, 4) is 11.5 Å². The summed E-state index contributed by atoms with van der Waals surface area (Å²) in [6.45, 7) is 1.94. The summed E-state index contributed by atoms with van der Waals surface area (Å²) in [6.07, 6.45) is 1.91. The monoisotopic (exact) mass is 486 g/mol. The van der Waals surface area contributed by atoms with E-state index in [0.29, 0.717) is 29.5 Å². The van der Waals surface area contributed by atoms with Crippen molar-refractivity contribution in [1.29, 1.82) is 0 Å². The zero-order valence-electron chi connectivity index (χ0n) is 18.6. The van der Waals surface area contributed by atoms with Crippen LogP contribution in [0.1, 0.15) is 6.92 Å². The van der Waals surface area contributed by atoms with E-state index in [9.17, 15) is 13.2 Å². The summed E-state index contributed by atoms with van der Waals surface area (Å²) in [5.41, 5.74) is 0.806. The predicted molar refractivity (Wildman–Crippen MR) is 132 cm³/mol. The van der Waals surface area contributed by atoms with Crippen LogP contribution in [0.15, 0.2) is 82.6 Å². The van der Waals surface area contributed by atoms with E-state index in [1.165, 1.54) is 18.9 Å². The number of ether oxygens (including phenoxy) is 2. The summed E-state index contributed by atoms with van der Waals surface area (Å²) in [5.74, 6) is 0.591. The number of anilines is 2. The fraction of sp³-hybridized carbons (Fsp3) is 0.208. The lowest BCUT2D eigenvalue weighted by Gasteiger charge is -2.24. The first-order chi connectivity index (χ1) is 15.9. The number of nitrogens with one attached hydrogen (secondary N) is 1. The van der Waals surface area contributed by atoms with E-state index in [-0.39, 0.29) is 4.90 Å². The molecule has 174 valence electrons. The third-order valence-corrected chi connectivity index (χ3v) is 7.28. The molecule has 3 aromatic carbocycles. The van der Waals surface area contributed by atoms with Gasteiger partial charge in [-0.25, -0.2) is 8.42 Å². The Morgan fingerprint density at radius 2 is 1.67 bits per heavy atom. The van der Waals surface area contributed by atoms with Crippen molar-refractivity contribution in [2.75, 3.05) is 36.1 Å². The van der Waals surface area contributed by atoms with Gasteiger partial charge in [0.15, 0.2) is 0 Å². The Morgan fingerprint density at radius 1 is 1.00 bits per heavy atom. The first kappa shape index (κ1) is 24.5. The normalized spacial score (nSPS) is 11.0. The molecule has 0 unspecified atom stereocenters. The summed E-state index contributed by atoms with van der Waals surface area (Å²) < 4.78 is 38.9. The van der Waals surface area contributed by atoms with Gasteiger partial charge in [0.05, 0.1) is 30.0 Å². The van der Waals surface area contributed by atoms with Crippen molar-refractivity contribution in [1.82, 2.24) is 0 Å². The van der Waals surface area contributed by atoms with E-state index in [1.807, 2.05) is 13.2 Å². The van der Waals surface area contributed by atoms with E-state index in [1.54, 1.807) is 72.8 Å². The number of hydrogen-bond donors (Lipinski definition) is 1. The quantitative estimate of drug-likeness (QED) is 0.420. The molecule has 0 aliphatic rings. The number of benzene rings is 3. The van der Waals surface area contributed by atoms with Gasteiger partial charge in [-0.05, 0) is 73.8 Å². The van der Waals surface area contributed by atoms with Crippen LogP contribution >= 0.6 is 11.8 Å². The number of nitrogens with zero attached hydrogens (tertiary/aromatic N) is 1. The molecule has 3 rings (SSSR count). The van der Waals surface area contributed by atoms with E-state index in [2.05, 4.69) is 5.32 Å². The van der Waals surface area contributed by atoms with E-state index >= 15 is 0 Å². The molecular weight excluding hydrogens is 460 g/mol. The maximum atomic E-state index is 13.5. The standard InChI is InChI=1S/C24H26N2O5S2/c1-4-31-19-11-9-18(10-12-19)26(33(28,29)21-15-13-20(32-3)14-16-21)17-24(27)25-22-7-5-6-8-23(22)30-2/h5-16H,4,17H2,1-3H3,(H,25,27). The molecule has 0 bridgehead atoms. The highest BCUT2D eigenvalue weighted by molar-refractivity contribution is 7.98. The van der Waals surface area contributed by atoms with Crippen molar-refractivity contribution < 1.29 is 22.7 Å². The maximum absolute atomic E-state index is 13.5. The molecule has 7 nitrogen and oxygen atoms in total. The second kappa shape index (κ2) is 11.1. The van der Waals surface area contributed by atoms with Gasteiger partial charge in [-0.1, -0.05) is 12.1 Å². The molecule has 0 heterocycles. The minimum Gasteiger partial charge on any atom is -0.495 e. The number of carbonyl (C=O) groups excluding carboxylic acids is 1. The number of hydrogen-bond acceptors (Lipinski definition) is 6. The topological polar surface area (TPSA) is 84.9 Å². The first-order valence-corrected chi connectivity index (χ1v) is 12.9. The lowest BCUT2D eigenvalue weighted by Crippen LogP contribution is -2.38. The summed E-state index contributed by atoms with van der Waals surface area (Å²) in [6, 6.07) is 20.1. The Morgan fingerprint density at radius 3 is 2.27 bits per heavy atom. The van der Waals surface area contributed by atoms with Crippen molar-refractivity contribution in [3.63, 3.8) is 0 Å². The first-order valence-electron chi connectivity index (χ1n) is 10.2. The van der Waals surface area contributed by atoms with E-state index in [0.717, 1.165) is 9.20 Å². The summed E-state index contributed by atoms with van der Waals surface area (Å²) >= 11 is 1.52. The third kappa shape index (κ3) is 6.00. The number of sulfonamides is 1. The summed E-state index contributed by atoms with van der Waals surface area (Å²) in [5, 5.41) is 2.74. The van der Waals surface area contributed by atoms with Crippen LogP contribution in [0.5, 0.6) is 11.5 Å². The van der Waals surface area contributed by atoms with Gasteiger partial charge in [0.2, 0.25) is 5.91 Å². The Balaban J connectivity index is 1.94. The van der Waals surface area contributed by atoms with Crippen LogP contribution < -0.4 is 19.1 Å². The van der Waals surface area contributed by atoms with Crippen molar-refractivity contribution in [3.05, 3.63) is 72.8 Å². The summed E-state index contributed by atoms with van der Waals surface area (Å²) in [7, 11) is -2.52. The molecule has 0 fully saturated rings. The van der Waals surface area contributed by atoms with Gasteiger partial charge in [-0.15, -0.1) is 11.8 Å². The number of thioether (sulfide) groups is 1. The second-order valence-corrected chi connectivity index (χ2v) is 9.60. The van der Waals surface area contributed by atoms with E-state index in [4.69, 9.17) is 9.47 Å². The van der Waals surface area contributed by atoms with Gasteiger partial charge in [0.25, 0.3) is 10.0 Å². The molecule has 0 atom stereocenters. The number of para-hydroxylation sites is 2. The molecule has 0 saturated carbocycles.